The van der Waals surface area contributed by atoms with Gasteiger partial charge < -0.3 is 0 Å². The van der Waals surface area contributed by atoms with Gasteiger partial charge in [-0.25, -0.2) is 0 Å². The van der Waals surface area contributed by atoms with Crippen LogP contribution in [-0.4, -0.2) is 12.3 Å². The van der Waals surface area contributed by atoms with Gasteiger partial charge in [0.25, 0.3) is 0 Å². The van der Waals surface area contributed by atoms with Crippen molar-refractivity contribution in [1.29, 1.82) is 0 Å². The quantitative estimate of drug-likeness (QED) is 0.720. The molecule has 1 fully saturated rings. The summed E-state index contributed by atoms with van der Waals surface area (Å²) >= 11 is 0. The van der Waals surface area contributed by atoms with E-state index in [0.717, 1.165) is 5.92 Å². The van der Waals surface area contributed by atoms with Crippen LogP contribution >= 0.6 is 7.26 Å². The zero-order valence-corrected chi connectivity index (χ0v) is 12.5. The third-order valence-corrected chi connectivity index (χ3v) is 9.12. The minimum Gasteiger partial charge on any atom is -0.0622 e. The molecule has 0 atom stereocenters. The zero-order valence-electron chi connectivity index (χ0n) is 11.6. The molecule has 0 unspecified atom stereocenters. The van der Waals surface area contributed by atoms with Gasteiger partial charge in [-0.3, -0.25) is 0 Å². The van der Waals surface area contributed by atoms with Crippen molar-refractivity contribution in [3.05, 3.63) is 60.7 Å². The highest BCUT2D eigenvalue weighted by Gasteiger charge is 2.44. The summed E-state index contributed by atoms with van der Waals surface area (Å²) < 4.78 is 0. The Hall–Kier alpha value is -1.13. The Morgan fingerprint density at radius 3 is 1.58 bits per heavy atom. The molecule has 0 N–H and O–H groups in total. The van der Waals surface area contributed by atoms with Gasteiger partial charge in [0.2, 0.25) is 0 Å². The normalized spacial score (nSPS) is 19.2. The Labute approximate surface area is 117 Å². The first-order valence-electron chi connectivity index (χ1n) is 7.29. The molecule has 1 heteroatoms. The van der Waals surface area contributed by atoms with E-state index in [9.17, 15) is 0 Å². The van der Waals surface area contributed by atoms with Crippen LogP contribution in [0.5, 0.6) is 0 Å². The van der Waals surface area contributed by atoms with E-state index in [1.54, 1.807) is 10.6 Å². The summed E-state index contributed by atoms with van der Waals surface area (Å²) in [5, 5.41) is 3.21. The van der Waals surface area contributed by atoms with Gasteiger partial charge in [0.1, 0.15) is 0 Å². The molecule has 1 aliphatic heterocycles. The summed E-state index contributed by atoms with van der Waals surface area (Å²) in [6.07, 6.45) is 5.56. The standard InChI is InChI=1S/C18H22P/c1-16-12-14-19(15-13-16,17-8-4-2-5-9-17)18-10-6-3-7-11-18/h2-11,16H,12-15H2,1H3/q+1. The van der Waals surface area contributed by atoms with Gasteiger partial charge in [-0.15, -0.1) is 0 Å². The largest absolute Gasteiger partial charge is 0.0991 e. The van der Waals surface area contributed by atoms with Crippen LogP contribution in [0.1, 0.15) is 19.8 Å². The van der Waals surface area contributed by atoms with Crippen molar-refractivity contribution in [3.8, 4) is 0 Å². The molecule has 0 amide bonds. The Morgan fingerprint density at radius 1 is 0.737 bits per heavy atom. The Bertz CT molecular complexity index is 468. The van der Waals surface area contributed by atoms with E-state index in [2.05, 4.69) is 67.6 Å². The van der Waals surface area contributed by atoms with E-state index in [-0.39, 0.29) is 0 Å². The monoisotopic (exact) mass is 269 g/mol. The number of hydrogen-bond acceptors (Lipinski definition) is 0. The van der Waals surface area contributed by atoms with Crippen LogP contribution in [0.15, 0.2) is 60.7 Å². The maximum Gasteiger partial charge on any atom is 0.0991 e. The number of hydrogen-bond donors (Lipinski definition) is 0. The molecule has 2 aromatic carbocycles. The summed E-state index contributed by atoms with van der Waals surface area (Å²) in [4.78, 5) is 0. The first-order chi connectivity index (χ1) is 9.31. The number of benzene rings is 2. The molecule has 1 aliphatic rings. The van der Waals surface area contributed by atoms with Gasteiger partial charge in [0.15, 0.2) is 0 Å². The summed E-state index contributed by atoms with van der Waals surface area (Å²) in [6.45, 7) is 2.41. The smallest absolute Gasteiger partial charge is 0.0622 e. The van der Waals surface area contributed by atoms with Crippen molar-refractivity contribution >= 4 is 17.9 Å². The van der Waals surface area contributed by atoms with Crippen LogP contribution in [0.4, 0.5) is 0 Å². The van der Waals surface area contributed by atoms with E-state index in [1.165, 1.54) is 25.2 Å². The van der Waals surface area contributed by atoms with E-state index in [1.807, 2.05) is 0 Å². The molecule has 0 radical (unpaired) electrons. The molecule has 0 aliphatic carbocycles. The van der Waals surface area contributed by atoms with Crippen LogP contribution in [0.3, 0.4) is 0 Å². The lowest BCUT2D eigenvalue weighted by Crippen LogP contribution is -2.31. The van der Waals surface area contributed by atoms with Crippen LogP contribution in [0.2, 0.25) is 0 Å². The highest BCUT2D eigenvalue weighted by atomic mass is 31.2. The highest BCUT2D eigenvalue weighted by molar-refractivity contribution is 7.89. The molecule has 3 rings (SSSR count). The summed E-state index contributed by atoms with van der Waals surface area (Å²) in [7, 11) is -1.13. The predicted molar refractivity (Wildman–Crippen MR) is 87.2 cm³/mol. The average Bonchev–Trinajstić information content (AvgIpc) is 2.50. The van der Waals surface area contributed by atoms with Gasteiger partial charge in [-0.1, -0.05) is 43.3 Å². The van der Waals surface area contributed by atoms with Crippen LogP contribution in [0, 0.1) is 5.92 Å². The molecule has 98 valence electrons. The van der Waals surface area contributed by atoms with Gasteiger partial charge in [-0.05, 0) is 43.0 Å². The van der Waals surface area contributed by atoms with Crippen LogP contribution < -0.4 is 10.6 Å². The number of rotatable bonds is 2. The second kappa shape index (κ2) is 5.47. The minimum atomic E-state index is -1.13. The van der Waals surface area contributed by atoms with Crippen molar-refractivity contribution in [3.63, 3.8) is 0 Å². The molecule has 2 aromatic rings. The van der Waals surface area contributed by atoms with Crippen molar-refractivity contribution < 1.29 is 0 Å². The second-order valence-corrected chi connectivity index (χ2v) is 9.63. The van der Waals surface area contributed by atoms with E-state index in [0.29, 0.717) is 0 Å². The molecule has 0 saturated carbocycles. The van der Waals surface area contributed by atoms with E-state index in [4.69, 9.17) is 0 Å². The molecule has 0 bridgehead atoms. The van der Waals surface area contributed by atoms with Crippen LogP contribution in [-0.2, 0) is 0 Å². The summed E-state index contributed by atoms with van der Waals surface area (Å²) in [6, 6.07) is 22.5. The van der Waals surface area contributed by atoms with Crippen LogP contribution in [0.25, 0.3) is 0 Å². The third kappa shape index (κ3) is 2.47. The molecule has 1 heterocycles. The highest BCUT2D eigenvalue weighted by Crippen LogP contribution is 2.60. The van der Waals surface area contributed by atoms with Gasteiger partial charge >= 0.3 is 0 Å². The lowest BCUT2D eigenvalue weighted by molar-refractivity contribution is 0.534. The van der Waals surface area contributed by atoms with E-state index >= 15 is 0 Å². The minimum absolute atomic E-state index is 0.903. The molecule has 19 heavy (non-hydrogen) atoms. The predicted octanol–water partition coefficient (Wildman–Crippen LogP) is 4.08. The van der Waals surface area contributed by atoms with Crippen molar-refractivity contribution in [2.45, 2.75) is 19.8 Å². The molecule has 0 nitrogen and oxygen atoms in total. The first-order valence-corrected chi connectivity index (χ1v) is 9.45. The SMILES string of the molecule is CC1CC[P+](c2ccccc2)(c2ccccc2)CC1. The van der Waals surface area contributed by atoms with Gasteiger partial charge in [0, 0.05) is 0 Å². The molecule has 0 spiro atoms. The fourth-order valence-corrected chi connectivity index (χ4v) is 8.03. The maximum absolute atomic E-state index is 2.41. The molecule has 0 aromatic heterocycles. The molecule has 1 saturated heterocycles. The lowest BCUT2D eigenvalue weighted by Gasteiger charge is -2.33. The topological polar surface area (TPSA) is 0 Å². The Kier molecular flexibility index (Phi) is 3.71. The van der Waals surface area contributed by atoms with Gasteiger partial charge in [-0.2, -0.15) is 0 Å². The summed E-state index contributed by atoms with van der Waals surface area (Å²) in [5.74, 6) is 0.903. The van der Waals surface area contributed by atoms with Crippen molar-refractivity contribution in [2.75, 3.05) is 12.3 Å². The Balaban J connectivity index is 2.06. The van der Waals surface area contributed by atoms with Crippen molar-refractivity contribution in [1.82, 2.24) is 0 Å². The molecular weight excluding hydrogens is 247 g/mol. The van der Waals surface area contributed by atoms with Gasteiger partial charge in [0.05, 0.1) is 30.2 Å². The third-order valence-electron chi connectivity index (χ3n) is 4.51. The second-order valence-electron chi connectivity index (χ2n) is 5.77. The van der Waals surface area contributed by atoms with E-state index < -0.39 is 7.26 Å². The Morgan fingerprint density at radius 2 is 1.16 bits per heavy atom. The first kappa shape index (κ1) is 12.9. The average molecular weight is 269 g/mol. The maximum atomic E-state index is 2.41. The summed E-state index contributed by atoms with van der Waals surface area (Å²) in [5.41, 5.74) is 0. The van der Waals surface area contributed by atoms with Crippen molar-refractivity contribution in [2.24, 2.45) is 5.92 Å². The molecular formula is C18H22P+. The fraction of sp³-hybridized carbons (Fsp3) is 0.333. The fourth-order valence-electron chi connectivity index (χ4n) is 3.23. The lowest BCUT2D eigenvalue weighted by atomic mass is 10.1. The zero-order chi connectivity index (χ0) is 13.1.